The van der Waals surface area contributed by atoms with Gasteiger partial charge in [0, 0.05) is 33.6 Å². The van der Waals surface area contributed by atoms with E-state index in [4.69, 9.17) is 9.47 Å². The normalized spacial score (nSPS) is 14.9. The largest absolute Gasteiger partial charge is 0.457 e. The molecule has 4 aliphatic rings. The third-order valence-electron chi connectivity index (χ3n) is 15.1. The molecule has 13 rings (SSSR count). The fraction of sp³-hybridized carbons (Fsp3) is 0.156. The zero-order valence-corrected chi connectivity index (χ0v) is 38.8. The molecule has 0 fully saturated rings. The maximum atomic E-state index is 7.43. The van der Waals surface area contributed by atoms with E-state index in [0.717, 1.165) is 62.3 Å². The molecule has 0 N–H and O–H groups in total. The van der Waals surface area contributed by atoms with Gasteiger partial charge in [0.15, 0.2) is 5.75 Å². The second kappa shape index (κ2) is 14.0. The van der Waals surface area contributed by atoms with Crippen molar-refractivity contribution in [1.29, 1.82) is 0 Å². The highest BCUT2D eigenvalue weighted by molar-refractivity contribution is 5.94. The predicted octanol–water partition coefficient (Wildman–Crippen LogP) is 16.7. The highest BCUT2D eigenvalue weighted by atomic mass is 16.5. The Balaban J connectivity index is 1.11. The van der Waals surface area contributed by atoms with Crippen molar-refractivity contribution in [2.24, 2.45) is 0 Å². The Bertz CT molecular complexity index is 3400. The van der Waals surface area contributed by atoms with Gasteiger partial charge < -0.3 is 14.4 Å². The summed E-state index contributed by atoms with van der Waals surface area (Å²) in [5.74, 6) is 3.48. The maximum Gasteiger partial charge on any atom is 0.156 e. The second-order valence-electron chi connectivity index (χ2n) is 20.8. The van der Waals surface area contributed by atoms with Gasteiger partial charge in [-0.3, -0.25) is 0 Å². The lowest BCUT2D eigenvalue weighted by atomic mass is 9.64. The zero-order valence-electron chi connectivity index (χ0n) is 38.8. The number of fused-ring (bicyclic) bond motifs is 18. The summed E-state index contributed by atoms with van der Waals surface area (Å²) in [5.41, 5.74) is 19.0. The first-order valence-electron chi connectivity index (χ1n) is 23.7. The molecule has 0 atom stereocenters. The SMILES string of the molecule is CC(C)(C)c1ccc2c(c1)C1(c3ccccc3Oc3c(N(c4ccccc4)c4ccc5c(c4)C4(c6ccccc6Oc6ccccc64)c4ccccc4-5)cccc31)c1cc(C(C)(C)C)ccc1-2. The van der Waals surface area contributed by atoms with Crippen molar-refractivity contribution in [3.05, 3.63) is 256 Å². The van der Waals surface area contributed by atoms with E-state index in [1.54, 1.807) is 0 Å². The fourth-order valence-electron chi connectivity index (χ4n) is 12.0. The molecular formula is C64H51NO2. The summed E-state index contributed by atoms with van der Waals surface area (Å²) >= 11 is 0. The van der Waals surface area contributed by atoms with Crippen LogP contribution in [0.4, 0.5) is 17.1 Å². The molecule has 2 spiro atoms. The molecule has 67 heavy (non-hydrogen) atoms. The summed E-state index contributed by atoms with van der Waals surface area (Å²) in [6.45, 7) is 13.9. The molecule has 0 bridgehead atoms. The zero-order chi connectivity index (χ0) is 45.5. The van der Waals surface area contributed by atoms with Crippen molar-refractivity contribution in [1.82, 2.24) is 0 Å². The van der Waals surface area contributed by atoms with Crippen molar-refractivity contribution in [3.63, 3.8) is 0 Å². The van der Waals surface area contributed by atoms with Gasteiger partial charge in [0.1, 0.15) is 17.2 Å². The van der Waals surface area contributed by atoms with E-state index in [1.807, 2.05) is 0 Å². The Morgan fingerprint density at radius 1 is 0.328 bits per heavy atom. The van der Waals surface area contributed by atoms with E-state index in [9.17, 15) is 0 Å². The molecule has 2 aliphatic carbocycles. The molecule has 0 aromatic heterocycles. The first-order chi connectivity index (χ1) is 32.5. The maximum absolute atomic E-state index is 7.43. The van der Waals surface area contributed by atoms with Crippen molar-refractivity contribution in [2.75, 3.05) is 4.90 Å². The van der Waals surface area contributed by atoms with Crippen LogP contribution in [0.5, 0.6) is 23.0 Å². The molecule has 2 aliphatic heterocycles. The summed E-state index contributed by atoms with van der Waals surface area (Å²) in [7, 11) is 0. The van der Waals surface area contributed by atoms with Crippen LogP contribution >= 0.6 is 0 Å². The van der Waals surface area contributed by atoms with Crippen LogP contribution in [0.3, 0.4) is 0 Å². The quantitative estimate of drug-likeness (QED) is 0.177. The van der Waals surface area contributed by atoms with Crippen LogP contribution in [0.2, 0.25) is 0 Å². The topological polar surface area (TPSA) is 21.7 Å². The average Bonchev–Trinajstić information content (AvgIpc) is 3.79. The van der Waals surface area contributed by atoms with Gasteiger partial charge >= 0.3 is 0 Å². The minimum Gasteiger partial charge on any atom is -0.457 e. The Morgan fingerprint density at radius 3 is 1.33 bits per heavy atom. The van der Waals surface area contributed by atoms with Crippen LogP contribution in [-0.2, 0) is 21.7 Å². The van der Waals surface area contributed by atoms with Crippen LogP contribution in [-0.4, -0.2) is 0 Å². The van der Waals surface area contributed by atoms with Gasteiger partial charge in [0.05, 0.1) is 16.5 Å². The lowest BCUT2D eigenvalue weighted by molar-refractivity contribution is 0.436. The van der Waals surface area contributed by atoms with Crippen LogP contribution in [0.1, 0.15) is 97.2 Å². The van der Waals surface area contributed by atoms with Crippen molar-refractivity contribution in [3.8, 4) is 45.3 Å². The Kier molecular flexibility index (Phi) is 8.27. The van der Waals surface area contributed by atoms with Crippen molar-refractivity contribution < 1.29 is 9.47 Å². The number of benzene rings is 9. The molecule has 0 radical (unpaired) electrons. The third kappa shape index (κ3) is 5.40. The Hall–Kier alpha value is -7.62. The van der Waals surface area contributed by atoms with Crippen molar-refractivity contribution in [2.45, 2.75) is 63.2 Å². The van der Waals surface area contributed by atoms with E-state index >= 15 is 0 Å². The first-order valence-corrected chi connectivity index (χ1v) is 23.7. The number of para-hydroxylation sites is 5. The third-order valence-corrected chi connectivity index (χ3v) is 15.1. The highest BCUT2D eigenvalue weighted by Crippen LogP contribution is 2.66. The molecule has 0 unspecified atom stereocenters. The molecular weight excluding hydrogens is 815 g/mol. The lowest BCUT2D eigenvalue weighted by Gasteiger charge is -2.42. The summed E-state index contributed by atoms with van der Waals surface area (Å²) in [5, 5.41) is 0. The fourth-order valence-corrected chi connectivity index (χ4v) is 12.0. The minimum atomic E-state index is -0.658. The van der Waals surface area contributed by atoms with E-state index in [1.165, 1.54) is 55.6 Å². The number of nitrogens with zero attached hydrogens (tertiary/aromatic N) is 1. The van der Waals surface area contributed by atoms with Gasteiger partial charge in [-0.1, -0.05) is 193 Å². The molecule has 9 aromatic carbocycles. The molecule has 3 nitrogen and oxygen atoms in total. The number of hydrogen-bond donors (Lipinski definition) is 0. The summed E-state index contributed by atoms with van der Waals surface area (Å²) in [4.78, 5) is 2.42. The van der Waals surface area contributed by atoms with Gasteiger partial charge in [0.2, 0.25) is 0 Å². The van der Waals surface area contributed by atoms with Gasteiger partial charge in [0.25, 0.3) is 0 Å². The van der Waals surface area contributed by atoms with E-state index in [2.05, 4.69) is 247 Å². The summed E-state index contributed by atoms with van der Waals surface area (Å²) in [6.07, 6.45) is 0. The van der Waals surface area contributed by atoms with Gasteiger partial charge in [-0.2, -0.15) is 0 Å². The van der Waals surface area contributed by atoms with Crippen LogP contribution in [0.25, 0.3) is 22.3 Å². The van der Waals surface area contributed by atoms with Crippen LogP contribution < -0.4 is 14.4 Å². The van der Waals surface area contributed by atoms with Gasteiger partial charge in [-0.05, 0) is 115 Å². The number of anilines is 3. The Morgan fingerprint density at radius 2 is 0.761 bits per heavy atom. The standard InChI is InChI=1S/C64H51NO2/c1-61(2,3)40-31-34-45-46-35-32-41(62(4,5)6)38-54(46)64(53(45)37-40)51-25-14-17-30-59(51)67-60-52(64)26-18-27-56(60)65(42-19-8-7-9-20-42)43-33-36-47-44-21-10-11-22-48(44)63(55(47)39-43)49-23-12-15-28-57(49)66-58-29-16-13-24-50(58)63/h7-39H,1-6H3. The number of rotatable bonds is 3. The predicted molar refractivity (Wildman–Crippen MR) is 273 cm³/mol. The monoisotopic (exact) mass is 865 g/mol. The second-order valence-corrected chi connectivity index (χ2v) is 20.8. The average molecular weight is 866 g/mol. The van der Waals surface area contributed by atoms with E-state index in [0.29, 0.717) is 0 Å². The molecule has 0 saturated heterocycles. The number of hydrogen-bond acceptors (Lipinski definition) is 3. The highest BCUT2D eigenvalue weighted by Gasteiger charge is 2.54. The van der Waals surface area contributed by atoms with E-state index < -0.39 is 10.8 Å². The Labute approximate surface area is 394 Å². The smallest absolute Gasteiger partial charge is 0.156 e. The molecule has 0 saturated carbocycles. The molecule has 324 valence electrons. The molecule has 9 aromatic rings. The molecule has 0 amide bonds. The van der Waals surface area contributed by atoms with Crippen molar-refractivity contribution >= 4 is 17.1 Å². The molecule has 3 heteroatoms. The number of ether oxygens (including phenoxy) is 2. The van der Waals surface area contributed by atoms with Crippen LogP contribution in [0, 0.1) is 0 Å². The van der Waals surface area contributed by atoms with E-state index in [-0.39, 0.29) is 10.8 Å². The summed E-state index contributed by atoms with van der Waals surface area (Å²) < 4.78 is 14.2. The first kappa shape index (κ1) is 39.7. The summed E-state index contributed by atoms with van der Waals surface area (Å²) in [6, 6.07) is 74.0. The van der Waals surface area contributed by atoms with Gasteiger partial charge in [-0.15, -0.1) is 0 Å². The minimum absolute atomic E-state index is 0.0584. The van der Waals surface area contributed by atoms with Gasteiger partial charge in [-0.25, -0.2) is 0 Å². The lowest BCUT2D eigenvalue weighted by Crippen LogP contribution is -2.33. The molecule has 2 heterocycles. The van der Waals surface area contributed by atoms with Crippen LogP contribution in [0.15, 0.2) is 200 Å².